The molecular formula is C33H39ClN4O2. The summed E-state index contributed by atoms with van der Waals surface area (Å²) in [6.07, 6.45) is 4.98. The van der Waals surface area contributed by atoms with Crippen LogP contribution in [0, 0.1) is 12.8 Å². The van der Waals surface area contributed by atoms with Gasteiger partial charge in [-0.25, -0.2) is 4.98 Å². The Bertz CT molecular complexity index is 1380. The molecule has 0 spiro atoms. The molecule has 1 aliphatic rings. The van der Waals surface area contributed by atoms with E-state index in [1.807, 2.05) is 54.6 Å². The van der Waals surface area contributed by atoms with Crippen LogP contribution >= 0.6 is 11.6 Å². The van der Waals surface area contributed by atoms with Crippen LogP contribution in [-0.2, 0) is 24.5 Å². The van der Waals surface area contributed by atoms with Crippen molar-refractivity contribution in [2.75, 3.05) is 19.6 Å². The van der Waals surface area contributed by atoms with Crippen LogP contribution < -0.4 is 10.1 Å². The van der Waals surface area contributed by atoms with Gasteiger partial charge < -0.3 is 19.5 Å². The number of nitrogens with zero attached hydrogens (tertiary/aromatic N) is 3. The number of carbonyl (C=O) groups excluding carboxylic acids is 1. The van der Waals surface area contributed by atoms with E-state index < -0.39 is 0 Å². The number of para-hydroxylation sites is 1. The molecule has 1 fully saturated rings. The molecule has 0 saturated carbocycles. The molecule has 1 aliphatic heterocycles. The summed E-state index contributed by atoms with van der Waals surface area (Å²) in [6.45, 7) is 7.31. The fourth-order valence-corrected chi connectivity index (χ4v) is 5.67. The van der Waals surface area contributed by atoms with Crippen LogP contribution in [0.2, 0.25) is 5.02 Å². The van der Waals surface area contributed by atoms with Gasteiger partial charge in [0.15, 0.2) is 0 Å². The zero-order valence-electron chi connectivity index (χ0n) is 23.3. The first-order valence-electron chi connectivity index (χ1n) is 14.4. The number of aryl methyl sites for hydroxylation is 2. The maximum atomic E-state index is 12.3. The van der Waals surface area contributed by atoms with Crippen molar-refractivity contribution < 1.29 is 9.53 Å². The molecule has 0 radical (unpaired) electrons. The number of amides is 1. The Morgan fingerprint density at radius 3 is 2.55 bits per heavy atom. The molecule has 2 heterocycles. The number of rotatable bonds is 12. The summed E-state index contributed by atoms with van der Waals surface area (Å²) >= 11 is 6.02. The third-order valence-corrected chi connectivity index (χ3v) is 8.17. The van der Waals surface area contributed by atoms with E-state index >= 15 is 0 Å². The molecule has 6 nitrogen and oxygen atoms in total. The summed E-state index contributed by atoms with van der Waals surface area (Å²) in [5, 5.41) is 3.76. The molecule has 7 heteroatoms. The lowest BCUT2D eigenvalue weighted by atomic mass is 9.92. The van der Waals surface area contributed by atoms with Gasteiger partial charge in [-0.15, -0.1) is 0 Å². The van der Waals surface area contributed by atoms with Crippen molar-refractivity contribution in [1.29, 1.82) is 0 Å². The van der Waals surface area contributed by atoms with Crippen LogP contribution in [0.3, 0.4) is 0 Å². The summed E-state index contributed by atoms with van der Waals surface area (Å²) in [6, 6.07) is 23.9. The van der Waals surface area contributed by atoms with Crippen LogP contribution in [0.4, 0.5) is 0 Å². The summed E-state index contributed by atoms with van der Waals surface area (Å²) in [7, 11) is 0. The lowest BCUT2D eigenvalue weighted by Crippen LogP contribution is -2.35. The third kappa shape index (κ3) is 7.64. The van der Waals surface area contributed by atoms with E-state index in [9.17, 15) is 4.79 Å². The molecule has 1 amide bonds. The molecule has 4 aromatic rings. The Kier molecular flexibility index (Phi) is 9.74. The van der Waals surface area contributed by atoms with Crippen molar-refractivity contribution in [3.63, 3.8) is 0 Å². The largest absolute Gasteiger partial charge is 0.486 e. The van der Waals surface area contributed by atoms with Gasteiger partial charge >= 0.3 is 0 Å². The van der Waals surface area contributed by atoms with Crippen molar-refractivity contribution in [2.45, 2.75) is 58.7 Å². The third-order valence-electron chi connectivity index (χ3n) is 7.92. The molecule has 40 heavy (non-hydrogen) atoms. The van der Waals surface area contributed by atoms with Crippen LogP contribution in [0.1, 0.15) is 49.1 Å². The molecule has 0 unspecified atom stereocenters. The summed E-state index contributed by atoms with van der Waals surface area (Å²) in [4.78, 5) is 19.8. The molecule has 0 atom stereocenters. The SMILES string of the molecule is Cc1cccc2c1nc(COc1ccc(Cl)cc1)n2CCCN1CCC(CCC(=O)NCc2ccccc2)CC1. The molecule has 210 valence electrons. The number of nitrogens with one attached hydrogen (secondary N) is 1. The van der Waals surface area contributed by atoms with Crippen molar-refractivity contribution in [3.8, 4) is 5.75 Å². The second-order valence-electron chi connectivity index (χ2n) is 10.8. The van der Waals surface area contributed by atoms with Gasteiger partial charge in [0.2, 0.25) is 5.91 Å². The average molecular weight is 559 g/mol. The minimum Gasteiger partial charge on any atom is -0.486 e. The van der Waals surface area contributed by atoms with Crippen molar-refractivity contribution >= 4 is 28.5 Å². The molecule has 1 aromatic heterocycles. The van der Waals surface area contributed by atoms with Crippen LogP contribution in [-0.4, -0.2) is 40.0 Å². The Hall–Kier alpha value is -3.35. The summed E-state index contributed by atoms with van der Waals surface area (Å²) in [5.41, 5.74) is 4.54. The summed E-state index contributed by atoms with van der Waals surface area (Å²) in [5.74, 6) is 2.53. The fourth-order valence-electron chi connectivity index (χ4n) is 5.54. The highest BCUT2D eigenvalue weighted by Gasteiger charge is 2.20. The molecular weight excluding hydrogens is 520 g/mol. The highest BCUT2D eigenvalue weighted by Crippen LogP contribution is 2.24. The number of halogens is 1. The van der Waals surface area contributed by atoms with Crippen LogP contribution in [0.25, 0.3) is 11.0 Å². The molecule has 1 N–H and O–H groups in total. The topological polar surface area (TPSA) is 59.4 Å². The lowest BCUT2D eigenvalue weighted by molar-refractivity contribution is -0.121. The van der Waals surface area contributed by atoms with E-state index in [2.05, 4.69) is 39.9 Å². The van der Waals surface area contributed by atoms with Gasteiger partial charge in [-0.1, -0.05) is 54.1 Å². The van der Waals surface area contributed by atoms with Crippen molar-refractivity contribution in [3.05, 3.63) is 94.8 Å². The number of hydrogen-bond acceptors (Lipinski definition) is 4. The average Bonchev–Trinajstić information content (AvgIpc) is 3.34. The zero-order valence-corrected chi connectivity index (χ0v) is 24.1. The predicted octanol–water partition coefficient (Wildman–Crippen LogP) is 6.78. The maximum absolute atomic E-state index is 12.3. The molecule has 3 aromatic carbocycles. The van der Waals surface area contributed by atoms with Crippen molar-refractivity contribution in [2.24, 2.45) is 5.92 Å². The first-order chi connectivity index (χ1) is 19.5. The number of aromatic nitrogens is 2. The second-order valence-corrected chi connectivity index (χ2v) is 11.2. The Balaban J connectivity index is 1.07. The minimum absolute atomic E-state index is 0.157. The Morgan fingerprint density at radius 1 is 1.00 bits per heavy atom. The molecule has 0 aliphatic carbocycles. The van der Waals surface area contributed by atoms with E-state index in [0.29, 0.717) is 30.5 Å². The Morgan fingerprint density at radius 2 is 1.77 bits per heavy atom. The maximum Gasteiger partial charge on any atom is 0.220 e. The highest BCUT2D eigenvalue weighted by atomic mass is 35.5. The van der Waals surface area contributed by atoms with Gasteiger partial charge in [-0.05, 0) is 99.6 Å². The summed E-state index contributed by atoms with van der Waals surface area (Å²) < 4.78 is 8.38. The van der Waals surface area contributed by atoms with Crippen LogP contribution in [0.15, 0.2) is 72.8 Å². The number of fused-ring (bicyclic) bond motifs is 1. The highest BCUT2D eigenvalue weighted by molar-refractivity contribution is 6.30. The molecule has 5 rings (SSSR count). The van der Waals surface area contributed by atoms with Gasteiger partial charge in [-0.2, -0.15) is 0 Å². The van der Waals surface area contributed by atoms with Gasteiger partial charge in [-0.3, -0.25) is 4.79 Å². The lowest BCUT2D eigenvalue weighted by Gasteiger charge is -2.32. The van der Waals surface area contributed by atoms with E-state index in [4.69, 9.17) is 21.3 Å². The standard InChI is InChI=1S/C33H39ClN4O2/c1-25-7-5-10-30-33(25)36-31(24-40-29-14-12-28(34)13-15-29)38(30)20-6-19-37-21-17-26(18-22-37)11-16-32(39)35-23-27-8-3-2-4-9-27/h2-5,7-10,12-15,26H,6,11,16-24H2,1H3,(H,35,39). The number of likely N-dealkylation sites (tertiary alicyclic amines) is 1. The van der Waals surface area contributed by atoms with E-state index in [-0.39, 0.29) is 5.91 Å². The van der Waals surface area contributed by atoms with Gasteiger partial charge in [0.1, 0.15) is 18.2 Å². The number of imidazole rings is 1. The monoisotopic (exact) mass is 558 g/mol. The fraction of sp³-hybridized carbons (Fsp3) is 0.394. The van der Waals surface area contributed by atoms with Gasteiger partial charge in [0.25, 0.3) is 0 Å². The normalized spacial score (nSPS) is 14.4. The van der Waals surface area contributed by atoms with E-state index in [0.717, 1.165) is 61.7 Å². The Labute approximate surface area is 242 Å². The first kappa shape index (κ1) is 28.2. The second kappa shape index (κ2) is 13.8. The number of carbonyl (C=O) groups is 1. The molecule has 1 saturated heterocycles. The smallest absolute Gasteiger partial charge is 0.220 e. The van der Waals surface area contributed by atoms with Crippen molar-refractivity contribution in [1.82, 2.24) is 19.8 Å². The number of ether oxygens (including phenoxy) is 1. The number of benzene rings is 3. The number of hydrogen-bond donors (Lipinski definition) is 1. The van der Waals surface area contributed by atoms with E-state index in [1.165, 1.54) is 23.9 Å². The van der Waals surface area contributed by atoms with Crippen LogP contribution in [0.5, 0.6) is 5.75 Å². The first-order valence-corrected chi connectivity index (χ1v) is 14.8. The van der Waals surface area contributed by atoms with Gasteiger partial charge in [0.05, 0.1) is 11.0 Å². The quantitative estimate of drug-likeness (QED) is 0.208. The number of piperidine rings is 1. The predicted molar refractivity (Wildman–Crippen MR) is 162 cm³/mol. The molecule has 0 bridgehead atoms. The minimum atomic E-state index is 0.157. The van der Waals surface area contributed by atoms with Gasteiger partial charge in [0, 0.05) is 24.5 Å². The zero-order chi connectivity index (χ0) is 27.7. The van der Waals surface area contributed by atoms with E-state index in [1.54, 1.807) is 0 Å².